The Balaban J connectivity index is 2.83. The molecule has 0 radical (unpaired) electrons. The molecule has 3 nitrogen and oxygen atoms in total. The van der Waals surface area contributed by atoms with E-state index in [0.29, 0.717) is 29.2 Å². The molecule has 0 unspecified atom stereocenters. The summed E-state index contributed by atoms with van der Waals surface area (Å²) in [5, 5.41) is 19.4. The second-order valence-corrected chi connectivity index (χ2v) is 4.35. The molecule has 1 N–H and O–H groups in total. The van der Waals surface area contributed by atoms with Crippen molar-refractivity contribution in [3.8, 4) is 11.8 Å². The van der Waals surface area contributed by atoms with Gasteiger partial charge in [-0.3, -0.25) is 0 Å². The Morgan fingerprint density at radius 2 is 2.06 bits per heavy atom. The van der Waals surface area contributed by atoms with Gasteiger partial charge in [0.1, 0.15) is 24.0 Å². The quantitative estimate of drug-likeness (QED) is 0.877. The van der Waals surface area contributed by atoms with Crippen molar-refractivity contribution in [1.82, 2.24) is 0 Å². The summed E-state index contributed by atoms with van der Waals surface area (Å²) in [6, 6.07) is 7.03. The Morgan fingerprint density at radius 1 is 1.41 bits per heavy atom. The summed E-state index contributed by atoms with van der Waals surface area (Å²) < 4.78 is 5.50. The third-order valence-corrected chi connectivity index (χ3v) is 3.21. The maximum atomic E-state index is 10.1. The normalized spacial score (nSPS) is 11.0. The van der Waals surface area contributed by atoms with Crippen LogP contribution in [0.5, 0.6) is 5.75 Å². The van der Waals surface area contributed by atoms with Crippen LogP contribution < -0.4 is 4.74 Å². The summed E-state index contributed by atoms with van der Waals surface area (Å²) in [6.07, 6.45) is 1.21. The number of nitrogens with zero attached hydrogens (tertiary/aromatic N) is 1. The topological polar surface area (TPSA) is 53.2 Å². The molecule has 0 spiro atoms. The van der Waals surface area contributed by atoms with Crippen LogP contribution in [0.25, 0.3) is 0 Å². The van der Waals surface area contributed by atoms with Crippen molar-refractivity contribution in [2.45, 2.75) is 32.3 Å². The van der Waals surface area contributed by atoms with Gasteiger partial charge in [-0.2, -0.15) is 5.26 Å². The molecule has 4 heteroatoms. The summed E-state index contributed by atoms with van der Waals surface area (Å²) >= 11 is 5.88. The van der Waals surface area contributed by atoms with Crippen molar-refractivity contribution in [3.63, 3.8) is 0 Å². The monoisotopic (exact) mass is 253 g/mol. The van der Waals surface area contributed by atoms with Crippen LogP contribution in [-0.4, -0.2) is 17.3 Å². The highest BCUT2D eigenvalue weighted by Crippen LogP contribution is 2.26. The zero-order chi connectivity index (χ0) is 12.9. The first-order valence-electron chi connectivity index (χ1n) is 5.60. The van der Waals surface area contributed by atoms with Gasteiger partial charge in [0, 0.05) is 0 Å². The van der Waals surface area contributed by atoms with E-state index < -0.39 is 5.60 Å². The molecule has 1 aromatic rings. The van der Waals surface area contributed by atoms with Gasteiger partial charge in [-0.05, 0) is 25.0 Å². The predicted molar refractivity (Wildman–Crippen MR) is 67.2 cm³/mol. The van der Waals surface area contributed by atoms with E-state index in [9.17, 15) is 5.11 Å². The highest BCUT2D eigenvalue weighted by molar-refractivity contribution is 6.31. The van der Waals surface area contributed by atoms with E-state index in [1.165, 1.54) is 0 Å². The van der Waals surface area contributed by atoms with Gasteiger partial charge < -0.3 is 9.84 Å². The van der Waals surface area contributed by atoms with Gasteiger partial charge in [0.25, 0.3) is 0 Å². The van der Waals surface area contributed by atoms with Crippen LogP contribution in [0.4, 0.5) is 0 Å². The minimum Gasteiger partial charge on any atom is -0.489 e. The average molecular weight is 254 g/mol. The smallest absolute Gasteiger partial charge is 0.138 e. The summed E-state index contributed by atoms with van der Waals surface area (Å²) in [5.74, 6) is 0.417. The van der Waals surface area contributed by atoms with Crippen LogP contribution >= 0.6 is 11.6 Å². The molecule has 0 aliphatic heterocycles. The molecule has 0 bridgehead atoms. The predicted octanol–water partition coefficient (Wildman–Crippen LogP) is 3.14. The number of halogens is 1. The fourth-order valence-electron chi connectivity index (χ4n) is 1.40. The molecule has 0 saturated carbocycles. The maximum Gasteiger partial charge on any atom is 0.138 e. The van der Waals surface area contributed by atoms with E-state index in [1.807, 2.05) is 19.9 Å². The molecule has 0 aliphatic carbocycles. The number of ether oxygens (including phenoxy) is 1. The van der Waals surface area contributed by atoms with Crippen molar-refractivity contribution in [1.29, 1.82) is 5.26 Å². The molecule has 0 amide bonds. The summed E-state index contributed by atoms with van der Waals surface area (Å²) in [5.41, 5.74) is -0.543. The SMILES string of the molecule is CCC(O)(CC)COc1cccc(Cl)c1C#N. The Hall–Kier alpha value is -1.24. The van der Waals surface area contributed by atoms with Gasteiger partial charge in [0.15, 0.2) is 0 Å². The molecule has 92 valence electrons. The summed E-state index contributed by atoms with van der Waals surface area (Å²) in [4.78, 5) is 0. The second kappa shape index (κ2) is 5.90. The van der Waals surface area contributed by atoms with E-state index in [4.69, 9.17) is 21.6 Å². The molecule has 17 heavy (non-hydrogen) atoms. The lowest BCUT2D eigenvalue weighted by Gasteiger charge is -2.25. The minimum absolute atomic E-state index is 0.162. The molecular weight excluding hydrogens is 238 g/mol. The number of nitriles is 1. The van der Waals surface area contributed by atoms with Crippen LogP contribution in [0.2, 0.25) is 5.02 Å². The van der Waals surface area contributed by atoms with E-state index in [-0.39, 0.29) is 6.61 Å². The molecule has 0 saturated heterocycles. The summed E-state index contributed by atoms with van der Waals surface area (Å²) in [7, 11) is 0. The van der Waals surface area contributed by atoms with E-state index in [0.717, 1.165) is 0 Å². The minimum atomic E-state index is -0.852. The van der Waals surface area contributed by atoms with Crippen LogP contribution in [0.1, 0.15) is 32.3 Å². The van der Waals surface area contributed by atoms with E-state index >= 15 is 0 Å². The molecule has 0 fully saturated rings. The standard InChI is InChI=1S/C13H16ClNO2/c1-3-13(16,4-2)9-17-12-7-5-6-11(14)10(12)8-15/h5-7,16H,3-4,9H2,1-2H3. The first kappa shape index (κ1) is 13.8. The fourth-order valence-corrected chi connectivity index (χ4v) is 1.61. The summed E-state index contributed by atoms with van der Waals surface area (Å²) in [6.45, 7) is 3.96. The lowest BCUT2D eigenvalue weighted by atomic mass is 9.99. The Labute approximate surface area is 107 Å². The Bertz CT molecular complexity index is 422. The van der Waals surface area contributed by atoms with Gasteiger partial charge in [-0.25, -0.2) is 0 Å². The molecule has 1 aromatic carbocycles. The average Bonchev–Trinajstić information content (AvgIpc) is 2.36. The molecule has 0 aromatic heterocycles. The zero-order valence-corrected chi connectivity index (χ0v) is 10.8. The zero-order valence-electron chi connectivity index (χ0n) is 10.0. The van der Waals surface area contributed by atoms with Crippen molar-refractivity contribution in [3.05, 3.63) is 28.8 Å². The Morgan fingerprint density at radius 3 is 2.59 bits per heavy atom. The van der Waals surface area contributed by atoms with Crippen LogP contribution in [-0.2, 0) is 0 Å². The highest BCUT2D eigenvalue weighted by atomic mass is 35.5. The molecule has 0 aliphatic rings. The van der Waals surface area contributed by atoms with Crippen molar-refractivity contribution in [2.24, 2.45) is 0 Å². The third kappa shape index (κ3) is 3.36. The molecule has 1 rings (SSSR count). The van der Waals surface area contributed by atoms with Crippen LogP contribution in [0.3, 0.4) is 0 Å². The van der Waals surface area contributed by atoms with E-state index in [2.05, 4.69) is 0 Å². The lowest BCUT2D eigenvalue weighted by Crippen LogP contribution is -2.34. The number of hydrogen-bond acceptors (Lipinski definition) is 3. The Kier molecular flexibility index (Phi) is 4.80. The van der Waals surface area contributed by atoms with E-state index in [1.54, 1.807) is 18.2 Å². The number of benzene rings is 1. The van der Waals surface area contributed by atoms with Gasteiger partial charge in [0.2, 0.25) is 0 Å². The first-order chi connectivity index (χ1) is 8.06. The molecule has 0 atom stereocenters. The van der Waals surface area contributed by atoms with Gasteiger partial charge in [-0.15, -0.1) is 0 Å². The van der Waals surface area contributed by atoms with Crippen molar-refractivity contribution in [2.75, 3.05) is 6.61 Å². The highest BCUT2D eigenvalue weighted by Gasteiger charge is 2.23. The van der Waals surface area contributed by atoms with Gasteiger partial charge in [0.05, 0.1) is 10.6 Å². The van der Waals surface area contributed by atoms with Gasteiger partial charge in [-0.1, -0.05) is 31.5 Å². The maximum absolute atomic E-state index is 10.1. The van der Waals surface area contributed by atoms with Crippen LogP contribution in [0.15, 0.2) is 18.2 Å². The number of rotatable bonds is 5. The largest absolute Gasteiger partial charge is 0.489 e. The van der Waals surface area contributed by atoms with Crippen molar-refractivity contribution >= 4 is 11.6 Å². The second-order valence-electron chi connectivity index (χ2n) is 3.94. The fraction of sp³-hybridized carbons (Fsp3) is 0.462. The first-order valence-corrected chi connectivity index (χ1v) is 5.98. The molecule has 0 heterocycles. The number of hydrogen-bond donors (Lipinski definition) is 1. The third-order valence-electron chi connectivity index (χ3n) is 2.90. The van der Waals surface area contributed by atoms with Crippen LogP contribution in [0, 0.1) is 11.3 Å². The van der Waals surface area contributed by atoms with Crippen molar-refractivity contribution < 1.29 is 9.84 Å². The lowest BCUT2D eigenvalue weighted by molar-refractivity contribution is -0.0114. The number of aliphatic hydroxyl groups is 1. The molecular formula is C13H16ClNO2. The van der Waals surface area contributed by atoms with Gasteiger partial charge >= 0.3 is 0 Å².